The predicted molar refractivity (Wildman–Crippen MR) is 89.0 cm³/mol. The monoisotopic (exact) mass is 304 g/mol. The fourth-order valence-corrected chi connectivity index (χ4v) is 2.50. The Balaban J connectivity index is 1.71. The molecule has 0 aliphatic carbocycles. The van der Waals surface area contributed by atoms with Crippen molar-refractivity contribution in [1.29, 1.82) is 0 Å². The number of rotatable bonds is 5. The van der Waals surface area contributed by atoms with Gasteiger partial charge < -0.3 is 9.53 Å². The van der Waals surface area contributed by atoms with Crippen LogP contribution in [0.1, 0.15) is 17.0 Å². The van der Waals surface area contributed by atoms with Crippen LogP contribution in [0.5, 0.6) is 0 Å². The molecule has 23 heavy (non-hydrogen) atoms. The second-order valence-electron chi connectivity index (χ2n) is 5.31. The van der Waals surface area contributed by atoms with Gasteiger partial charge in [0.2, 0.25) is 0 Å². The molecule has 0 fully saturated rings. The summed E-state index contributed by atoms with van der Waals surface area (Å²) in [6.45, 7) is 0.154. The van der Waals surface area contributed by atoms with Crippen LogP contribution < -0.4 is 0 Å². The summed E-state index contributed by atoms with van der Waals surface area (Å²) >= 11 is 0. The lowest BCUT2D eigenvalue weighted by Crippen LogP contribution is -2.17. The summed E-state index contributed by atoms with van der Waals surface area (Å²) in [6, 6.07) is 22.8. The highest BCUT2D eigenvalue weighted by Gasteiger charge is 2.21. The maximum Gasteiger partial charge on any atom is 0.321 e. The second kappa shape index (κ2) is 6.88. The van der Waals surface area contributed by atoms with Gasteiger partial charge in [0.1, 0.15) is 18.8 Å². The molecule has 0 amide bonds. The standard InChI is InChI=1S/C20H16O3/c21-13-19(17-7-2-1-3-8-17)20(22)23-14-15-10-11-16-6-4-5-9-18(16)12-15/h1-13,19H,14H2. The van der Waals surface area contributed by atoms with Gasteiger partial charge in [0.05, 0.1) is 0 Å². The summed E-state index contributed by atoms with van der Waals surface area (Å²) in [5, 5.41) is 2.23. The average Bonchev–Trinajstić information content (AvgIpc) is 2.61. The van der Waals surface area contributed by atoms with Crippen molar-refractivity contribution < 1.29 is 14.3 Å². The molecule has 0 radical (unpaired) electrons. The van der Waals surface area contributed by atoms with Crippen LogP contribution in [0, 0.1) is 0 Å². The van der Waals surface area contributed by atoms with Gasteiger partial charge in [-0.15, -0.1) is 0 Å². The van der Waals surface area contributed by atoms with E-state index >= 15 is 0 Å². The lowest BCUT2D eigenvalue weighted by molar-refractivity contribution is -0.147. The van der Waals surface area contributed by atoms with Crippen molar-refractivity contribution >= 4 is 23.0 Å². The fraction of sp³-hybridized carbons (Fsp3) is 0.100. The summed E-state index contributed by atoms with van der Waals surface area (Å²) in [7, 11) is 0. The first kappa shape index (κ1) is 15.0. The van der Waals surface area contributed by atoms with Crippen LogP contribution in [-0.4, -0.2) is 12.3 Å². The average molecular weight is 304 g/mol. The number of aldehydes is 1. The molecule has 0 aliphatic rings. The Morgan fingerprint density at radius 2 is 1.61 bits per heavy atom. The van der Waals surface area contributed by atoms with Crippen molar-refractivity contribution in [3.05, 3.63) is 83.9 Å². The Morgan fingerprint density at radius 1 is 0.913 bits per heavy atom. The smallest absolute Gasteiger partial charge is 0.321 e. The van der Waals surface area contributed by atoms with Crippen LogP contribution in [0.2, 0.25) is 0 Å². The van der Waals surface area contributed by atoms with Crippen LogP contribution in [0.3, 0.4) is 0 Å². The predicted octanol–water partition coefficient (Wildman–Crippen LogP) is 3.87. The van der Waals surface area contributed by atoms with E-state index in [0.29, 0.717) is 11.8 Å². The first-order chi connectivity index (χ1) is 11.3. The van der Waals surface area contributed by atoms with Gasteiger partial charge in [-0.2, -0.15) is 0 Å². The van der Waals surface area contributed by atoms with E-state index in [1.165, 1.54) is 0 Å². The van der Waals surface area contributed by atoms with Crippen molar-refractivity contribution in [2.45, 2.75) is 12.5 Å². The topological polar surface area (TPSA) is 43.4 Å². The highest BCUT2D eigenvalue weighted by Crippen LogP contribution is 2.18. The van der Waals surface area contributed by atoms with E-state index in [1.807, 2.05) is 48.5 Å². The molecule has 114 valence electrons. The van der Waals surface area contributed by atoms with E-state index in [1.54, 1.807) is 24.3 Å². The third-order valence-corrected chi connectivity index (χ3v) is 3.74. The molecule has 3 nitrogen and oxygen atoms in total. The third kappa shape index (κ3) is 3.46. The highest BCUT2D eigenvalue weighted by molar-refractivity contribution is 5.94. The zero-order valence-electron chi connectivity index (χ0n) is 12.5. The van der Waals surface area contributed by atoms with Gasteiger partial charge >= 0.3 is 5.97 Å². The van der Waals surface area contributed by atoms with E-state index in [0.717, 1.165) is 16.3 Å². The van der Waals surface area contributed by atoms with Crippen LogP contribution >= 0.6 is 0 Å². The summed E-state index contributed by atoms with van der Waals surface area (Å²) in [6.07, 6.45) is 0.623. The van der Waals surface area contributed by atoms with E-state index in [9.17, 15) is 9.59 Å². The molecule has 0 heterocycles. The van der Waals surface area contributed by atoms with Crippen molar-refractivity contribution in [3.8, 4) is 0 Å². The number of benzene rings is 3. The zero-order valence-corrected chi connectivity index (χ0v) is 12.5. The molecule has 0 aliphatic heterocycles. The molecule has 0 aromatic heterocycles. The summed E-state index contributed by atoms with van der Waals surface area (Å²) < 4.78 is 5.31. The van der Waals surface area contributed by atoms with Gasteiger partial charge in [-0.05, 0) is 28.0 Å². The Hall–Kier alpha value is -2.94. The minimum Gasteiger partial charge on any atom is -0.460 e. The quantitative estimate of drug-likeness (QED) is 0.408. The SMILES string of the molecule is O=CC(C(=O)OCc1ccc2ccccc2c1)c1ccccc1. The fourth-order valence-electron chi connectivity index (χ4n) is 2.50. The largest absolute Gasteiger partial charge is 0.460 e. The van der Waals surface area contributed by atoms with E-state index < -0.39 is 11.9 Å². The maximum absolute atomic E-state index is 12.2. The Labute approximate surface area is 134 Å². The van der Waals surface area contributed by atoms with Crippen LogP contribution in [0.25, 0.3) is 10.8 Å². The van der Waals surface area contributed by atoms with Gasteiger partial charge in [-0.1, -0.05) is 66.7 Å². The molecule has 0 saturated carbocycles. The second-order valence-corrected chi connectivity index (χ2v) is 5.31. The van der Waals surface area contributed by atoms with Crippen LogP contribution in [0.4, 0.5) is 0 Å². The molecule has 0 spiro atoms. The zero-order chi connectivity index (χ0) is 16.1. The minimum atomic E-state index is -0.878. The molecule has 0 saturated heterocycles. The molecule has 1 atom stereocenters. The van der Waals surface area contributed by atoms with Crippen LogP contribution in [0.15, 0.2) is 72.8 Å². The van der Waals surface area contributed by atoms with Gasteiger partial charge in [-0.25, -0.2) is 0 Å². The molecule has 3 aromatic carbocycles. The summed E-state index contributed by atoms with van der Waals surface area (Å²) in [4.78, 5) is 23.4. The molecular weight excluding hydrogens is 288 g/mol. The minimum absolute atomic E-state index is 0.154. The van der Waals surface area contributed by atoms with Gasteiger partial charge in [0.25, 0.3) is 0 Å². The van der Waals surface area contributed by atoms with Crippen molar-refractivity contribution in [3.63, 3.8) is 0 Å². The molecule has 3 aromatic rings. The maximum atomic E-state index is 12.2. The number of fused-ring (bicyclic) bond motifs is 1. The van der Waals surface area contributed by atoms with E-state index in [4.69, 9.17) is 4.74 Å². The van der Waals surface area contributed by atoms with Gasteiger partial charge in [0.15, 0.2) is 0 Å². The number of hydrogen-bond donors (Lipinski definition) is 0. The van der Waals surface area contributed by atoms with Crippen molar-refractivity contribution in [2.24, 2.45) is 0 Å². The summed E-state index contributed by atoms with van der Waals surface area (Å²) in [5.41, 5.74) is 1.54. The molecule has 0 N–H and O–H groups in total. The molecule has 3 heteroatoms. The lowest BCUT2D eigenvalue weighted by Gasteiger charge is -2.11. The highest BCUT2D eigenvalue weighted by atomic mass is 16.5. The van der Waals surface area contributed by atoms with Crippen molar-refractivity contribution in [2.75, 3.05) is 0 Å². The first-order valence-electron chi connectivity index (χ1n) is 7.42. The Morgan fingerprint density at radius 3 is 2.35 bits per heavy atom. The van der Waals surface area contributed by atoms with Gasteiger partial charge in [0, 0.05) is 0 Å². The van der Waals surface area contributed by atoms with E-state index in [-0.39, 0.29) is 6.61 Å². The number of carbonyl (C=O) groups is 2. The Kier molecular flexibility index (Phi) is 4.48. The number of carbonyl (C=O) groups excluding carboxylic acids is 2. The number of hydrogen-bond acceptors (Lipinski definition) is 3. The van der Waals surface area contributed by atoms with Crippen molar-refractivity contribution in [1.82, 2.24) is 0 Å². The molecule has 1 unspecified atom stereocenters. The molecule has 0 bridgehead atoms. The Bertz CT molecular complexity index is 824. The number of ether oxygens (including phenoxy) is 1. The summed E-state index contributed by atoms with van der Waals surface area (Å²) in [5.74, 6) is -1.41. The lowest BCUT2D eigenvalue weighted by atomic mass is 10.0. The van der Waals surface area contributed by atoms with E-state index in [2.05, 4.69) is 0 Å². The first-order valence-corrected chi connectivity index (χ1v) is 7.42. The molecule has 3 rings (SSSR count). The number of esters is 1. The third-order valence-electron chi connectivity index (χ3n) is 3.74. The van der Waals surface area contributed by atoms with Gasteiger partial charge in [-0.3, -0.25) is 4.79 Å². The normalized spacial score (nSPS) is 11.8. The molecular formula is C20H16O3. The van der Waals surface area contributed by atoms with Crippen LogP contribution in [-0.2, 0) is 20.9 Å².